The molecule has 19 heavy (non-hydrogen) atoms. The monoisotopic (exact) mass is 403 g/mol. The van der Waals surface area contributed by atoms with Crippen molar-refractivity contribution in [2.75, 3.05) is 0 Å². The van der Waals surface area contributed by atoms with Crippen LogP contribution in [-0.2, 0) is 5.43 Å². The van der Waals surface area contributed by atoms with Gasteiger partial charge in [-0.15, -0.1) is 0 Å². The summed E-state index contributed by atoms with van der Waals surface area (Å²) in [6, 6.07) is 0.168. The van der Waals surface area contributed by atoms with E-state index in [-0.39, 0.29) is 9.72 Å². The van der Waals surface area contributed by atoms with Crippen molar-refractivity contribution in [2.24, 2.45) is 0 Å². The van der Waals surface area contributed by atoms with E-state index in [9.17, 15) is 0 Å². The fourth-order valence-electron chi connectivity index (χ4n) is 3.44. The van der Waals surface area contributed by atoms with Gasteiger partial charge in [-0.2, -0.15) is 0 Å². The second-order valence-corrected chi connectivity index (χ2v) is 10.7. The molecule has 0 spiro atoms. The number of rotatable bonds is 1. The molecule has 0 saturated carbocycles. The van der Waals surface area contributed by atoms with E-state index in [0.717, 1.165) is 17.2 Å². The van der Waals surface area contributed by atoms with Crippen molar-refractivity contribution in [1.29, 1.82) is 0 Å². The first-order valence-corrected chi connectivity index (χ1v) is 9.52. The molecule has 1 aliphatic heterocycles. The van der Waals surface area contributed by atoms with Crippen LogP contribution in [0.2, 0.25) is 0 Å². The summed E-state index contributed by atoms with van der Waals surface area (Å²) in [7, 11) is 0. The van der Waals surface area contributed by atoms with E-state index in [1.807, 2.05) is 18.7 Å². The number of nitrogens with zero attached hydrogens (tertiary/aromatic N) is 3. The first kappa shape index (κ1) is 16.8. The summed E-state index contributed by atoms with van der Waals surface area (Å²) in [4.78, 5) is 6.54. The van der Waals surface area contributed by atoms with Gasteiger partial charge in [0.25, 0.3) is 0 Å². The van der Waals surface area contributed by atoms with Crippen LogP contribution in [-0.4, -0.2) is 73.5 Å². The molecule has 0 bridgehead atoms. The fourth-order valence-corrected chi connectivity index (χ4v) is 6.17. The van der Waals surface area contributed by atoms with Crippen LogP contribution in [0.4, 0.5) is 4.39 Å². The maximum atomic E-state index is 15.5. The molecule has 0 amide bonds. The van der Waals surface area contributed by atoms with Crippen molar-refractivity contribution >= 4 is 71.5 Å². The van der Waals surface area contributed by atoms with Gasteiger partial charge in [-0.25, -0.2) is 0 Å². The van der Waals surface area contributed by atoms with Crippen LogP contribution >= 0.6 is 22.6 Å². The Bertz CT molecular complexity index is 510. The van der Waals surface area contributed by atoms with Crippen molar-refractivity contribution in [3.05, 3.63) is 17.2 Å². The molecule has 102 valence electrons. The van der Waals surface area contributed by atoms with E-state index in [4.69, 9.17) is 0 Å². The molecule has 0 fully saturated rings. The molecule has 0 N–H and O–H groups in total. The first-order chi connectivity index (χ1) is 8.52. The van der Waals surface area contributed by atoms with Gasteiger partial charge in [0.15, 0.2) is 0 Å². The number of aryl methyl sites for hydroxylation is 2. The third kappa shape index (κ3) is 2.43. The summed E-state index contributed by atoms with van der Waals surface area (Å²) >= 11 is 2.94. The Hall–Kier alpha value is 1.47. The fraction of sp³-hybridized carbons (Fsp3) is 0.769. The van der Waals surface area contributed by atoms with E-state index in [2.05, 4.69) is 52.9 Å². The van der Waals surface area contributed by atoms with Crippen LogP contribution in [0.25, 0.3) is 0 Å². The normalized spacial score (nSPS) is 35.8. The number of alkyl halides is 2. The summed E-state index contributed by atoms with van der Waals surface area (Å²) in [6.07, 6.45) is 0. The van der Waals surface area contributed by atoms with Crippen LogP contribution < -0.4 is 0 Å². The van der Waals surface area contributed by atoms with Gasteiger partial charge in [0.2, 0.25) is 0 Å². The Morgan fingerprint density at radius 2 is 1.89 bits per heavy atom. The zero-order valence-electron chi connectivity index (χ0n) is 12.8. The second kappa shape index (κ2) is 5.28. The molecule has 3 unspecified atom stereocenters. The van der Waals surface area contributed by atoms with Crippen molar-refractivity contribution in [3.8, 4) is 0 Å². The summed E-state index contributed by atoms with van der Waals surface area (Å²) in [5.74, 6) is -0.513. The van der Waals surface area contributed by atoms with Crippen LogP contribution in [0.5, 0.6) is 0 Å². The van der Waals surface area contributed by atoms with Gasteiger partial charge in [-0.3, -0.25) is 0 Å². The van der Waals surface area contributed by atoms with Crippen molar-refractivity contribution in [3.63, 3.8) is 0 Å². The standard InChI is InChI=1S/C13H20FIN3.K/c1-7(2)18-12(15)9(4)17-10(5)16-8(3)11(17)13(18,6)14;/h7,12H,1-6H3;. The molecule has 2 rings (SSSR count). The van der Waals surface area contributed by atoms with Crippen LogP contribution in [0, 0.1) is 13.8 Å². The molecule has 2 heterocycles. The Morgan fingerprint density at radius 3 is 2.37 bits per heavy atom. The predicted octanol–water partition coefficient (Wildman–Crippen LogP) is 2.97. The summed E-state index contributed by atoms with van der Waals surface area (Å²) in [6.45, 7) is 12.0. The molecule has 6 heteroatoms. The summed E-state index contributed by atoms with van der Waals surface area (Å²) in [5.41, 5.74) is 1.58. The number of aromatic nitrogens is 2. The molecule has 1 aliphatic rings. The van der Waals surface area contributed by atoms with Crippen molar-refractivity contribution in [2.45, 2.75) is 57.1 Å². The second-order valence-electron chi connectivity index (χ2n) is 6.37. The van der Waals surface area contributed by atoms with Gasteiger partial charge in [0.1, 0.15) is 0 Å². The molecule has 0 saturated heterocycles. The topological polar surface area (TPSA) is 21.1 Å². The van der Waals surface area contributed by atoms with E-state index in [0.29, 0.717) is 49.0 Å². The van der Waals surface area contributed by atoms with Gasteiger partial charge in [0.05, 0.1) is 0 Å². The van der Waals surface area contributed by atoms with Gasteiger partial charge in [-0.05, 0) is 0 Å². The minimum atomic E-state index is -1.46. The van der Waals surface area contributed by atoms with Crippen LogP contribution in [0.1, 0.15) is 44.9 Å². The Morgan fingerprint density at radius 1 is 1.37 bits per heavy atom. The maximum absolute atomic E-state index is 15.5. The van der Waals surface area contributed by atoms with E-state index in [1.54, 1.807) is 6.92 Å². The molecule has 0 aromatic carbocycles. The van der Waals surface area contributed by atoms with Gasteiger partial charge >= 0.3 is 165 Å². The van der Waals surface area contributed by atoms with Crippen LogP contribution in [0.3, 0.4) is 0 Å². The molecule has 1 aromatic rings. The zero-order valence-corrected chi connectivity index (χ0v) is 18.0. The average molecular weight is 403 g/mol. The number of fused-ring (bicyclic) bond motifs is 1. The predicted molar refractivity (Wildman–Crippen MR) is 84.3 cm³/mol. The first-order valence-electron chi connectivity index (χ1n) is 6.71. The quantitative estimate of drug-likeness (QED) is 0.311. The van der Waals surface area contributed by atoms with Gasteiger partial charge in [0, 0.05) is 0 Å². The molecule has 0 aliphatic carbocycles. The van der Waals surface area contributed by atoms with Gasteiger partial charge < -0.3 is 0 Å². The summed E-state index contributed by atoms with van der Waals surface area (Å²) < 4.78 is 17.8. The molecule has 0 radical (unpaired) electrons. The van der Waals surface area contributed by atoms with Crippen LogP contribution in [0.15, 0.2) is 0 Å². The van der Waals surface area contributed by atoms with E-state index < -0.39 is 5.79 Å². The number of hydrogen-bond acceptors (Lipinski definition) is 2. The molecule has 3 atom stereocenters. The Labute approximate surface area is 162 Å². The number of hydrogen-bond donors (Lipinski definition) is 0. The molecular formula is C13H20FIKN3. The van der Waals surface area contributed by atoms with Gasteiger partial charge in [-0.1, -0.05) is 0 Å². The molecule has 3 nitrogen and oxygen atoms in total. The number of imidazole rings is 1. The molecule has 1 aromatic heterocycles. The average Bonchev–Trinajstić information content (AvgIpc) is 2.52. The summed E-state index contributed by atoms with van der Waals surface area (Å²) in [5, 5.41) is 0. The zero-order chi connectivity index (χ0) is 14.7. The number of halogens is 2. The Balaban J connectivity index is 2.78. The third-order valence-corrected chi connectivity index (χ3v) is 9.61. The van der Waals surface area contributed by atoms with E-state index in [1.165, 1.54) is 0 Å². The Kier molecular flexibility index (Phi) is 4.67. The SMILES string of the molecule is Cc1nc(C)n2c1C(C)(F)N(C(C)C)C(I)[C]2(C)[K]. The van der Waals surface area contributed by atoms with Crippen molar-refractivity contribution < 1.29 is 4.39 Å². The van der Waals surface area contributed by atoms with E-state index >= 15 is 4.39 Å². The third-order valence-electron chi connectivity index (χ3n) is 4.10. The molecular weight excluding hydrogens is 383 g/mol. The van der Waals surface area contributed by atoms with Crippen molar-refractivity contribution in [1.82, 2.24) is 14.5 Å². The minimum absolute atomic E-state index is 0.00407.